The normalized spacial score (nSPS) is 19.8. The lowest BCUT2D eigenvalue weighted by Gasteiger charge is -2.34. The molecular weight excluding hydrogens is 297 g/mol. The van der Waals surface area contributed by atoms with E-state index in [1.807, 2.05) is 13.8 Å². The zero-order chi connectivity index (χ0) is 14.9. The summed E-state index contributed by atoms with van der Waals surface area (Å²) in [7, 11) is 0. The van der Waals surface area contributed by atoms with E-state index < -0.39 is 5.54 Å². The molecule has 1 amide bonds. The summed E-state index contributed by atoms with van der Waals surface area (Å²) in [6.07, 6.45) is 1.32. The van der Waals surface area contributed by atoms with Crippen molar-refractivity contribution in [1.29, 1.82) is 0 Å². The van der Waals surface area contributed by atoms with Crippen molar-refractivity contribution in [2.24, 2.45) is 5.92 Å². The Morgan fingerprint density at radius 1 is 1.35 bits per heavy atom. The van der Waals surface area contributed by atoms with Crippen LogP contribution in [0.4, 0.5) is 0 Å². The number of benzene rings is 1. The summed E-state index contributed by atoms with van der Waals surface area (Å²) in [5.74, 6) is -0.0433. The summed E-state index contributed by atoms with van der Waals surface area (Å²) >= 11 is 12.3. The summed E-state index contributed by atoms with van der Waals surface area (Å²) in [5, 5.41) is 10.6. The van der Waals surface area contributed by atoms with Gasteiger partial charge in [-0.05, 0) is 44.4 Å². The average molecular weight is 316 g/mol. The van der Waals surface area contributed by atoms with Gasteiger partial charge in [0.1, 0.15) is 0 Å². The predicted molar refractivity (Wildman–Crippen MR) is 81.2 cm³/mol. The third-order valence-electron chi connectivity index (χ3n) is 3.95. The van der Waals surface area contributed by atoms with Gasteiger partial charge in [-0.1, -0.05) is 29.3 Å². The first-order valence-electron chi connectivity index (χ1n) is 6.72. The summed E-state index contributed by atoms with van der Waals surface area (Å²) in [4.78, 5) is 14.2. The highest BCUT2D eigenvalue weighted by molar-refractivity contribution is 6.36. The first kappa shape index (κ1) is 15.6. The fraction of sp³-hybridized carbons (Fsp3) is 0.533. The van der Waals surface area contributed by atoms with Crippen LogP contribution >= 0.6 is 23.2 Å². The van der Waals surface area contributed by atoms with Crippen molar-refractivity contribution in [3.63, 3.8) is 0 Å². The average Bonchev–Trinajstić information content (AvgIpc) is 2.76. The lowest BCUT2D eigenvalue weighted by Crippen LogP contribution is -2.48. The number of rotatable bonds is 4. The van der Waals surface area contributed by atoms with Gasteiger partial charge in [0.05, 0.1) is 12.1 Å². The van der Waals surface area contributed by atoms with E-state index in [2.05, 4.69) is 0 Å². The molecule has 1 aliphatic rings. The lowest BCUT2D eigenvalue weighted by molar-refractivity contribution is -0.136. The van der Waals surface area contributed by atoms with Crippen molar-refractivity contribution in [1.82, 2.24) is 4.90 Å². The first-order chi connectivity index (χ1) is 9.36. The molecule has 0 spiro atoms. The van der Waals surface area contributed by atoms with Crippen molar-refractivity contribution in [3.05, 3.63) is 33.8 Å². The minimum atomic E-state index is -0.518. The number of hydrogen-bond acceptors (Lipinski definition) is 2. The molecule has 1 aromatic rings. The van der Waals surface area contributed by atoms with Gasteiger partial charge in [0.15, 0.2) is 0 Å². The van der Waals surface area contributed by atoms with E-state index in [0.717, 1.165) is 12.0 Å². The van der Waals surface area contributed by atoms with Gasteiger partial charge in [0.25, 0.3) is 0 Å². The number of hydrogen-bond donors (Lipinski definition) is 1. The van der Waals surface area contributed by atoms with Crippen LogP contribution in [-0.4, -0.2) is 34.6 Å². The van der Waals surface area contributed by atoms with Gasteiger partial charge in [-0.2, -0.15) is 0 Å². The van der Waals surface area contributed by atoms with Gasteiger partial charge in [0.2, 0.25) is 5.91 Å². The maximum atomic E-state index is 12.5. The molecule has 2 rings (SSSR count). The second kappa shape index (κ2) is 5.92. The van der Waals surface area contributed by atoms with Gasteiger partial charge >= 0.3 is 0 Å². The Labute approximate surface area is 129 Å². The minimum absolute atomic E-state index is 0.0433. The summed E-state index contributed by atoms with van der Waals surface area (Å²) < 4.78 is 0. The van der Waals surface area contributed by atoms with Crippen molar-refractivity contribution >= 4 is 29.1 Å². The van der Waals surface area contributed by atoms with Gasteiger partial charge in [-0.15, -0.1) is 0 Å². The monoisotopic (exact) mass is 315 g/mol. The first-order valence-corrected chi connectivity index (χ1v) is 7.47. The predicted octanol–water partition coefficient (Wildman–Crippen LogP) is 3.16. The summed E-state index contributed by atoms with van der Waals surface area (Å²) in [5.41, 5.74) is 0.314. The van der Waals surface area contributed by atoms with Gasteiger partial charge < -0.3 is 10.0 Å². The number of likely N-dealkylation sites (tertiary alicyclic amines) is 1. The minimum Gasteiger partial charge on any atom is -0.394 e. The number of amides is 1. The molecule has 0 aliphatic carbocycles. The largest absolute Gasteiger partial charge is 0.394 e. The highest BCUT2D eigenvalue weighted by Gasteiger charge is 2.39. The number of aliphatic hydroxyl groups excluding tert-OH is 1. The molecule has 1 aromatic carbocycles. The smallest absolute Gasteiger partial charge is 0.226 e. The number of halogens is 2. The molecule has 20 heavy (non-hydrogen) atoms. The molecule has 3 nitrogen and oxygen atoms in total. The van der Waals surface area contributed by atoms with Crippen LogP contribution in [0.2, 0.25) is 10.0 Å². The Morgan fingerprint density at radius 3 is 2.50 bits per heavy atom. The topological polar surface area (TPSA) is 40.5 Å². The standard InChI is InChI=1S/C15H19Cl2NO2/c1-15(2,9-19)18-7-6-10(14(18)20)8-11-12(16)4-3-5-13(11)17/h3-5,10,19H,6-9H2,1-2H3. The van der Waals surface area contributed by atoms with Crippen molar-refractivity contribution < 1.29 is 9.90 Å². The molecule has 1 atom stereocenters. The van der Waals surface area contributed by atoms with Crippen LogP contribution in [-0.2, 0) is 11.2 Å². The summed E-state index contributed by atoms with van der Waals surface area (Å²) in [6.45, 7) is 4.36. The van der Waals surface area contributed by atoms with E-state index in [1.54, 1.807) is 23.1 Å². The van der Waals surface area contributed by atoms with Crippen LogP contribution in [0.3, 0.4) is 0 Å². The molecule has 1 heterocycles. The number of carbonyl (C=O) groups excluding carboxylic acids is 1. The molecule has 5 heteroatoms. The highest BCUT2D eigenvalue weighted by atomic mass is 35.5. The van der Waals surface area contributed by atoms with Crippen LogP contribution < -0.4 is 0 Å². The van der Waals surface area contributed by atoms with Crippen molar-refractivity contribution in [2.75, 3.05) is 13.2 Å². The second-order valence-electron chi connectivity index (χ2n) is 5.85. The Balaban J connectivity index is 2.15. The quantitative estimate of drug-likeness (QED) is 0.927. The SMILES string of the molecule is CC(C)(CO)N1CCC(Cc2c(Cl)cccc2Cl)C1=O. The van der Waals surface area contributed by atoms with Crippen LogP contribution in [0, 0.1) is 5.92 Å². The number of aliphatic hydroxyl groups is 1. The van der Waals surface area contributed by atoms with Crippen LogP contribution in [0.25, 0.3) is 0 Å². The molecule has 0 bridgehead atoms. The van der Waals surface area contributed by atoms with Crippen LogP contribution in [0.1, 0.15) is 25.8 Å². The van der Waals surface area contributed by atoms with E-state index in [0.29, 0.717) is 23.0 Å². The molecule has 0 aromatic heterocycles. The Hall–Kier alpha value is -0.770. The lowest BCUT2D eigenvalue weighted by atomic mass is 9.97. The zero-order valence-electron chi connectivity index (χ0n) is 11.7. The van der Waals surface area contributed by atoms with E-state index in [-0.39, 0.29) is 18.4 Å². The van der Waals surface area contributed by atoms with Crippen molar-refractivity contribution in [2.45, 2.75) is 32.2 Å². The van der Waals surface area contributed by atoms with E-state index in [1.165, 1.54) is 0 Å². The summed E-state index contributed by atoms with van der Waals surface area (Å²) in [6, 6.07) is 5.38. The number of carbonyl (C=O) groups is 1. The molecule has 1 fully saturated rings. The Morgan fingerprint density at radius 2 is 1.95 bits per heavy atom. The van der Waals surface area contributed by atoms with Gasteiger partial charge in [0, 0.05) is 22.5 Å². The van der Waals surface area contributed by atoms with Crippen LogP contribution in [0.5, 0.6) is 0 Å². The second-order valence-corrected chi connectivity index (χ2v) is 6.66. The van der Waals surface area contributed by atoms with E-state index in [9.17, 15) is 9.90 Å². The Kier molecular flexibility index (Phi) is 4.62. The van der Waals surface area contributed by atoms with Crippen LogP contribution in [0.15, 0.2) is 18.2 Å². The molecule has 1 N–H and O–H groups in total. The highest BCUT2D eigenvalue weighted by Crippen LogP contribution is 2.32. The van der Waals surface area contributed by atoms with E-state index >= 15 is 0 Å². The molecule has 1 unspecified atom stereocenters. The molecule has 1 saturated heterocycles. The molecule has 0 saturated carbocycles. The van der Waals surface area contributed by atoms with Gasteiger partial charge in [-0.25, -0.2) is 0 Å². The maximum absolute atomic E-state index is 12.5. The fourth-order valence-corrected chi connectivity index (χ4v) is 3.14. The number of nitrogens with zero attached hydrogens (tertiary/aromatic N) is 1. The molecular formula is C15H19Cl2NO2. The van der Waals surface area contributed by atoms with Gasteiger partial charge in [-0.3, -0.25) is 4.79 Å². The van der Waals surface area contributed by atoms with Crippen molar-refractivity contribution in [3.8, 4) is 0 Å². The third kappa shape index (κ3) is 2.95. The third-order valence-corrected chi connectivity index (χ3v) is 4.65. The molecule has 1 aliphatic heterocycles. The maximum Gasteiger partial charge on any atom is 0.226 e. The molecule has 110 valence electrons. The Bertz CT molecular complexity index is 496. The molecule has 0 radical (unpaired) electrons. The zero-order valence-corrected chi connectivity index (χ0v) is 13.2. The fourth-order valence-electron chi connectivity index (χ4n) is 2.59. The van der Waals surface area contributed by atoms with E-state index in [4.69, 9.17) is 23.2 Å².